The first-order valence-electron chi connectivity index (χ1n) is 19.5. The van der Waals surface area contributed by atoms with E-state index in [1.54, 1.807) is 48.5 Å². The van der Waals surface area contributed by atoms with Crippen LogP contribution >= 0.6 is 0 Å². The Bertz CT molecular complexity index is 2510. The number of rotatable bonds is 9. The molecule has 0 aliphatic carbocycles. The quantitative estimate of drug-likeness (QED) is 0.120. The standard InChI is InChI=1S/C23H22N4O5.C15H13N3O4.C7H9N.H2O/c1-26-18(14-6-4-3-5-7-14)11-19(32-26)23(21(29)24-22(30)25-23)13-27-12-15-8-9-16(31-2)10-17(15)20(27)28;1-3-15(13(20)16-14(21)17-15)8-18-7-9-4-5-10(22-2)6-11(9)12(18)19;8-6-7-4-2-1-3-5-7;/h3-11,18H,12-13H2,1-2H3,(H2,24,25,29,30);1,4-6H,7-8H2,2H3,(H2,16,17,20,21);1-5H,6,8H2;1H2/t18?,23-;15-;;/m01../s1. The molecule has 8 N–H and O–H groups in total. The van der Waals surface area contributed by atoms with Crippen molar-refractivity contribution in [1.82, 2.24) is 36.1 Å². The smallest absolute Gasteiger partial charge is 0.323 e. The molecular weight excluding hydrogens is 813 g/mol. The van der Waals surface area contributed by atoms with Crippen LogP contribution in [0.4, 0.5) is 9.59 Å². The topological polar surface area (TPSA) is 246 Å². The third-order valence-corrected chi connectivity index (χ3v) is 11.0. The Morgan fingerprint density at radius 1 is 0.746 bits per heavy atom. The van der Waals surface area contributed by atoms with Gasteiger partial charge in [-0.3, -0.25) is 29.8 Å². The van der Waals surface area contributed by atoms with Crippen molar-refractivity contribution >= 4 is 35.7 Å². The Balaban J connectivity index is 0.000000184. The monoisotopic (exact) mass is 858 g/mol. The van der Waals surface area contributed by atoms with Gasteiger partial charge in [0, 0.05) is 36.8 Å². The molecule has 2 fully saturated rings. The Morgan fingerprint density at radius 2 is 1.27 bits per heavy atom. The molecule has 326 valence electrons. The van der Waals surface area contributed by atoms with Gasteiger partial charge in [-0.25, -0.2) is 9.59 Å². The van der Waals surface area contributed by atoms with Crippen molar-refractivity contribution in [3.05, 3.63) is 142 Å². The Kier molecular flexibility index (Phi) is 13.2. The summed E-state index contributed by atoms with van der Waals surface area (Å²) in [5, 5.41) is 11.1. The molecule has 5 aliphatic rings. The highest BCUT2D eigenvalue weighted by molar-refractivity contribution is 6.10. The number of hydroxylamine groups is 2. The van der Waals surface area contributed by atoms with Crippen LogP contribution in [0.2, 0.25) is 0 Å². The first-order valence-corrected chi connectivity index (χ1v) is 19.5. The summed E-state index contributed by atoms with van der Waals surface area (Å²) >= 11 is 0. The molecule has 9 rings (SSSR count). The number of nitrogens with one attached hydrogen (secondary N) is 4. The summed E-state index contributed by atoms with van der Waals surface area (Å²) in [7, 11) is 4.81. The van der Waals surface area contributed by atoms with Gasteiger partial charge in [0.25, 0.3) is 23.6 Å². The lowest BCUT2D eigenvalue weighted by atomic mass is 9.94. The van der Waals surface area contributed by atoms with Crippen LogP contribution in [0.25, 0.3) is 0 Å². The van der Waals surface area contributed by atoms with Crippen molar-refractivity contribution in [3.8, 4) is 23.8 Å². The summed E-state index contributed by atoms with van der Waals surface area (Å²) in [6.45, 7) is 1.37. The Morgan fingerprint density at radius 3 is 1.73 bits per heavy atom. The molecule has 4 aromatic carbocycles. The van der Waals surface area contributed by atoms with Gasteiger partial charge in [0.15, 0.2) is 16.8 Å². The SMILES string of the molecule is C#C[C@]1(CN2Cc3ccc(OC)cc3C2=O)NC(=O)NC1=O.COc1ccc2c(c1)C(=O)N(C[C@@]1(C3=CC(c4ccccc4)N(C)O3)NC(=O)NC1=O)C2.[NH3+]Cc1ccccc1.[OH-]. The number of imide groups is 2. The second-order valence-electron chi connectivity index (χ2n) is 14.9. The number of methoxy groups -OCH3 is 2. The number of carbonyl (C=O) groups is 6. The lowest BCUT2D eigenvalue weighted by Crippen LogP contribution is -2.57. The summed E-state index contributed by atoms with van der Waals surface area (Å²) < 4.78 is 10.3. The van der Waals surface area contributed by atoms with Crippen LogP contribution in [-0.4, -0.2) is 101 Å². The van der Waals surface area contributed by atoms with Gasteiger partial charge in [-0.2, -0.15) is 0 Å². The molecule has 4 aromatic rings. The van der Waals surface area contributed by atoms with Crippen LogP contribution in [0.15, 0.2) is 109 Å². The van der Waals surface area contributed by atoms with Crippen molar-refractivity contribution in [3.63, 3.8) is 0 Å². The molecule has 0 radical (unpaired) electrons. The normalized spacial score (nSPS) is 21.7. The van der Waals surface area contributed by atoms with Gasteiger partial charge in [0.05, 0.1) is 39.9 Å². The number of nitrogens with zero attached hydrogens (tertiary/aromatic N) is 3. The first kappa shape index (κ1) is 44.8. The minimum absolute atomic E-state index is 0. The fraction of sp³-hybridized carbons (Fsp3) is 0.244. The zero-order valence-corrected chi connectivity index (χ0v) is 34.7. The highest BCUT2D eigenvalue weighted by Crippen LogP contribution is 2.38. The molecule has 8 amide bonds. The predicted octanol–water partition coefficient (Wildman–Crippen LogP) is 1.85. The number of fused-ring (bicyclic) bond motifs is 2. The van der Waals surface area contributed by atoms with Crippen molar-refractivity contribution in [2.75, 3.05) is 34.4 Å². The van der Waals surface area contributed by atoms with Gasteiger partial charge in [-0.1, -0.05) is 78.7 Å². The highest BCUT2D eigenvalue weighted by atomic mass is 16.7. The average molecular weight is 859 g/mol. The Hall–Kier alpha value is -7.72. The number of terminal acetylenes is 1. The van der Waals surface area contributed by atoms with Gasteiger partial charge >= 0.3 is 12.1 Å². The predicted molar refractivity (Wildman–Crippen MR) is 224 cm³/mol. The van der Waals surface area contributed by atoms with E-state index in [4.69, 9.17) is 20.7 Å². The molecule has 0 spiro atoms. The summed E-state index contributed by atoms with van der Waals surface area (Å²) in [5.74, 6) is 2.05. The van der Waals surface area contributed by atoms with Crippen LogP contribution in [0.1, 0.15) is 49.0 Å². The van der Waals surface area contributed by atoms with Crippen molar-refractivity contribution in [2.45, 2.75) is 36.8 Å². The van der Waals surface area contributed by atoms with Gasteiger partial charge in [-0.05, 0) is 47.0 Å². The van der Waals surface area contributed by atoms with E-state index in [2.05, 4.69) is 45.1 Å². The largest absolute Gasteiger partial charge is 0.870 e. The second-order valence-corrected chi connectivity index (χ2v) is 14.9. The molecule has 1 unspecified atom stereocenters. The maximum atomic E-state index is 13.1. The molecule has 0 bridgehead atoms. The van der Waals surface area contributed by atoms with Crippen LogP contribution in [0.5, 0.6) is 11.5 Å². The number of carbonyl (C=O) groups excluding carboxylic acids is 6. The summed E-state index contributed by atoms with van der Waals surface area (Å²) in [5.41, 5.74) is 5.65. The molecule has 5 aliphatic heterocycles. The van der Waals surface area contributed by atoms with E-state index in [-0.39, 0.29) is 42.2 Å². The van der Waals surface area contributed by atoms with Crippen molar-refractivity contribution in [2.24, 2.45) is 0 Å². The van der Waals surface area contributed by atoms with Crippen LogP contribution in [-0.2, 0) is 34.1 Å². The minimum Gasteiger partial charge on any atom is -0.870 e. The molecular formula is C45H46N8O10. The lowest BCUT2D eigenvalue weighted by molar-refractivity contribution is -0.386. The maximum absolute atomic E-state index is 13.1. The number of quaternary nitrogens is 1. The van der Waals surface area contributed by atoms with E-state index in [1.807, 2.05) is 54.6 Å². The molecule has 2 saturated heterocycles. The molecule has 0 saturated carbocycles. The van der Waals surface area contributed by atoms with Gasteiger partial charge in [0.2, 0.25) is 0 Å². The summed E-state index contributed by atoms with van der Waals surface area (Å²) in [4.78, 5) is 82.9. The number of likely N-dealkylation sites (N-methyl/N-ethyl adjacent to an activating group) is 1. The first-order chi connectivity index (χ1) is 29.8. The molecule has 5 heterocycles. The summed E-state index contributed by atoms with van der Waals surface area (Å²) in [6, 6.07) is 28.9. The van der Waals surface area contributed by atoms with Crippen LogP contribution in [0, 0.1) is 12.3 Å². The lowest BCUT2D eigenvalue weighted by Gasteiger charge is -2.31. The zero-order chi connectivity index (χ0) is 44.2. The molecule has 63 heavy (non-hydrogen) atoms. The van der Waals surface area contributed by atoms with E-state index in [0.29, 0.717) is 35.7 Å². The maximum Gasteiger partial charge on any atom is 0.323 e. The fourth-order valence-electron chi connectivity index (χ4n) is 7.68. The third-order valence-electron chi connectivity index (χ3n) is 11.0. The number of urea groups is 2. The van der Waals surface area contributed by atoms with E-state index in [1.165, 1.54) is 29.6 Å². The average Bonchev–Trinajstić information content (AvgIpc) is 4.07. The Labute approximate surface area is 362 Å². The van der Waals surface area contributed by atoms with Crippen molar-refractivity contribution < 1.29 is 54.3 Å². The third kappa shape index (κ3) is 8.88. The van der Waals surface area contributed by atoms with Crippen LogP contribution in [0.3, 0.4) is 0 Å². The van der Waals surface area contributed by atoms with Crippen molar-refractivity contribution in [1.29, 1.82) is 0 Å². The fourth-order valence-corrected chi connectivity index (χ4v) is 7.68. The second kappa shape index (κ2) is 18.5. The van der Waals surface area contributed by atoms with E-state index in [0.717, 1.165) is 23.2 Å². The zero-order valence-electron chi connectivity index (χ0n) is 34.7. The van der Waals surface area contributed by atoms with Gasteiger partial charge in [0.1, 0.15) is 11.5 Å². The molecule has 3 atom stereocenters. The molecule has 18 heteroatoms. The number of amides is 8. The number of benzene rings is 4. The van der Waals surface area contributed by atoms with E-state index < -0.39 is 35.0 Å². The highest BCUT2D eigenvalue weighted by Gasteiger charge is 2.55. The molecule has 18 nitrogen and oxygen atoms in total. The summed E-state index contributed by atoms with van der Waals surface area (Å²) in [6.07, 6.45) is 7.21. The van der Waals surface area contributed by atoms with Gasteiger partial charge < -0.3 is 46.0 Å². The number of hydrogen-bond acceptors (Lipinski definition) is 11. The van der Waals surface area contributed by atoms with E-state index in [9.17, 15) is 28.8 Å². The minimum atomic E-state index is -1.53. The van der Waals surface area contributed by atoms with Gasteiger partial charge in [-0.15, -0.1) is 11.5 Å². The number of ether oxygens (including phenoxy) is 2. The van der Waals surface area contributed by atoms with Crippen LogP contribution < -0.4 is 36.5 Å². The number of hydrogen-bond donors (Lipinski definition) is 5. The van der Waals surface area contributed by atoms with E-state index >= 15 is 0 Å². The molecule has 0 aromatic heterocycles.